The number of carbonyl (C=O) groups excluding carboxylic acids is 3. The zero-order chi connectivity index (χ0) is 52.2. The van der Waals surface area contributed by atoms with Gasteiger partial charge in [-0.2, -0.15) is 0 Å². The van der Waals surface area contributed by atoms with Crippen LogP contribution in [0.5, 0.6) is 0 Å². The molecule has 0 bridgehead atoms. The first-order valence-corrected chi connectivity index (χ1v) is 32.3. The summed E-state index contributed by atoms with van der Waals surface area (Å²) in [6.07, 6.45) is 73.2. The number of carbonyl (C=O) groups is 3. The van der Waals surface area contributed by atoms with Gasteiger partial charge >= 0.3 is 17.9 Å². The largest absolute Gasteiger partial charge is 0.462 e. The molecule has 0 spiro atoms. The van der Waals surface area contributed by atoms with Crippen molar-refractivity contribution in [3.8, 4) is 0 Å². The highest BCUT2D eigenvalue weighted by Crippen LogP contribution is 2.18. The summed E-state index contributed by atoms with van der Waals surface area (Å²) in [6, 6.07) is 0. The molecule has 6 heteroatoms. The molecule has 0 aromatic carbocycles. The summed E-state index contributed by atoms with van der Waals surface area (Å²) in [5, 5.41) is 0. The minimum Gasteiger partial charge on any atom is -0.462 e. The Kier molecular flexibility index (Phi) is 59.6. The number of hydrogen-bond donors (Lipinski definition) is 0. The molecule has 6 nitrogen and oxygen atoms in total. The fourth-order valence-electron chi connectivity index (χ4n) is 9.83. The minimum atomic E-state index is -0.773. The second-order valence-electron chi connectivity index (χ2n) is 22.0. The van der Waals surface area contributed by atoms with Gasteiger partial charge in [0.15, 0.2) is 6.10 Å². The van der Waals surface area contributed by atoms with Crippen molar-refractivity contribution < 1.29 is 28.6 Å². The van der Waals surface area contributed by atoms with E-state index in [9.17, 15) is 14.4 Å². The molecule has 0 heterocycles. The van der Waals surface area contributed by atoms with E-state index in [2.05, 4.69) is 45.1 Å². The third-order valence-electron chi connectivity index (χ3n) is 14.7. The molecule has 0 fully saturated rings. The van der Waals surface area contributed by atoms with Crippen molar-refractivity contribution in [1.82, 2.24) is 0 Å². The van der Waals surface area contributed by atoms with E-state index >= 15 is 0 Å². The van der Waals surface area contributed by atoms with Crippen LogP contribution in [0.1, 0.15) is 361 Å². The van der Waals surface area contributed by atoms with Gasteiger partial charge in [0.1, 0.15) is 13.2 Å². The second-order valence-corrected chi connectivity index (χ2v) is 22.0. The lowest BCUT2D eigenvalue weighted by Gasteiger charge is -2.18. The molecule has 1 unspecified atom stereocenters. The maximum absolute atomic E-state index is 12.9. The second kappa shape index (κ2) is 61.4. The first kappa shape index (κ1) is 69.9. The molecule has 0 amide bonds. The first-order chi connectivity index (χ1) is 35.5. The highest BCUT2D eigenvalue weighted by atomic mass is 16.6. The summed E-state index contributed by atoms with van der Waals surface area (Å²) < 4.78 is 16.9. The number of esters is 3. The van der Waals surface area contributed by atoms with E-state index < -0.39 is 6.10 Å². The summed E-state index contributed by atoms with van der Waals surface area (Å²) in [5.41, 5.74) is 0. The summed E-state index contributed by atoms with van der Waals surface area (Å²) in [5.74, 6) is -0.855. The van der Waals surface area contributed by atoms with Gasteiger partial charge in [0.2, 0.25) is 0 Å². The molecule has 0 aromatic rings. The van der Waals surface area contributed by atoms with Gasteiger partial charge in [-0.25, -0.2) is 0 Å². The third-order valence-corrected chi connectivity index (χ3v) is 14.7. The van der Waals surface area contributed by atoms with Crippen LogP contribution in [0.2, 0.25) is 0 Å². The Morgan fingerprint density at radius 2 is 0.500 bits per heavy atom. The van der Waals surface area contributed by atoms with Gasteiger partial charge in [-0.3, -0.25) is 14.4 Å². The van der Waals surface area contributed by atoms with E-state index in [4.69, 9.17) is 14.2 Å². The highest BCUT2D eigenvalue weighted by molar-refractivity contribution is 5.71. The molecule has 424 valence electrons. The van der Waals surface area contributed by atoms with Crippen LogP contribution in [0.25, 0.3) is 0 Å². The number of unbranched alkanes of at least 4 members (excludes halogenated alkanes) is 45. The van der Waals surface area contributed by atoms with Gasteiger partial charge in [-0.1, -0.05) is 315 Å². The normalized spacial score (nSPS) is 12.1. The highest BCUT2D eigenvalue weighted by Gasteiger charge is 2.19. The average Bonchev–Trinajstić information content (AvgIpc) is 3.38. The van der Waals surface area contributed by atoms with Gasteiger partial charge in [0.05, 0.1) is 0 Å². The lowest BCUT2D eigenvalue weighted by atomic mass is 10.0. The fraction of sp³-hybridized carbons (Fsp3) is 0.894. The first-order valence-electron chi connectivity index (χ1n) is 32.3. The molecule has 0 aliphatic rings. The molecule has 0 aliphatic heterocycles. The molecular formula is C66H124O6. The minimum absolute atomic E-state index is 0.0695. The Balaban J connectivity index is 4.30. The molecule has 0 aromatic heterocycles. The van der Waals surface area contributed by atoms with Crippen molar-refractivity contribution >= 4 is 17.9 Å². The smallest absolute Gasteiger partial charge is 0.306 e. The van der Waals surface area contributed by atoms with E-state index in [1.165, 1.54) is 244 Å². The summed E-state index contributed by atoms with van der Waals surface area (Å²) in [6.45, 7) is 6.69. The Hall–Kier alpha value is -2.11. The maximum atomic E-state index is 12.9. The van der Waals surface area contributed by atoms with Crippen LogP contribution in [0, 0.1) is 0 Å². The van der Waals surface area contributed by atoms with Crippen molar-refractivity contribution in [2.24, 2.45) is 0 Å². The van der Waals surface area contributed by atoms with Gasteiger partial charge < -0.3 is 14.2 Å². The van der Waals surface area contributed by atoms with E-state index in [0.717, 1.165) is 77.0 Å². The van der Waals surface area contributed by atoms with E-state index in [1.54, 1.807) is 0 Å². The van der Waals surface area contributed by atoms with Crippen molar-refractivity contribution in [3.05, 3.63) is 24.3 Å². The van der Waals surface area contributed by atoms with Crippen molar-refractivity contribution in [3.63, 3.8) is 0 Å². The quantitative estimate of drug-likeness (QED) is 0.0261. The topological polar surface area (TPSA) is 78.9 Å². The Labute approximate surface area is 449 Å². The third kappa shape index (κ3) is 58.8. The van der Waals surface area contributed by atoms with Crippen LogP contribution < -0.4 is 0 Å². The van der Waals surface area contributed by atoms with E-state index in [1.807, 2.05) is 0 Å². The fourth-order valence-corrected chi connectivity index (χ4v) is 9.83. The molecule has 0 radical (unpaired) electrons. The SMILES string of the molecule is CCCCCC/C=C\C/C=C\CCCCCCCC(=O)OCC(COC(=O)CCCCCCCCCCCCCCCCCCCCCCC)OC(=O)CCCCCCCCCCCCCCCCCCC. The zero-order valence-corrected chi connectivity index (χ0v) is 48.7. The van der Waals surface area contributed by atoms with Gasteiger partial charge in [-0.15, -0.1) is 0 Å². The van der Waals surface area contributed by atoms with Crippen molar-refractivity contribution in [1.29, 1.82) is 0 Å². The molecule has 0 saturated heterocycles. The lowest BCUT2D eigenvalue weighted by molar-refractivity contribution is -0.167. The molecule has 72 heavy (non-hydrogen) atoms. The molecule has 0 rings (SSSR count). The Bertz CT molecular complexity index is 1160. The van der Waals surface area contributed by atoms with Crippen LogP contribution >= 0.6 is 0 Å². The maximum Gasteiger partial charge on any atom is 0.306 e. The average molecular weight is 1010 g/mol. The molecular weight excluding hydrogens is 889 g/mol. The van der Waals surface area contributed by atoms with Gasteiger partial charge in [0.25, 0.3) is 0 Å². The number of rotatable bonds is 60. The standard InChI is InChI=1S/C66H124O6/c1-4-7-10-13-16-19-22-25-28-31-32-33-34-36-38-41-44-47-50-53-56-59-65(68)71-62-63(61-70-64(67)58-55-52-49-46-43-40-37-30-27-24-21-18-15-12-9-6-3)72-66(69)60-57-54-51-48-45-42-39-35-29-26-23-20-17-14-11-8-5-2/h21,24,30,37,63H,4-20,22-23,25-29,31-36,38-62H2,1-3H3/b24-21-,37-30-. The van der Waals surface area contributed by atoms with Crippen LogP contribution in [-0.2, 0) is 28.6 Å². The van der Waals surface area contributed by atoms with Crippen LogP contribution in [0.4, 0.5) is 0 Å². The van der Waals surface area contributed by atoms with E-state index in [-0.39, 0.29) is 31.1 Å². The van der Waals surface area contributed by atoms with E-state index in [0.29, 0.717) is 19.3 Å². The molecule has 0 N–H and O–H groups in total. The van der Waals surface area contributed by atoms with Crippen molar-refractivity contribution in [2.45, 2.75) is 367 Å². The Morgan fingerprint density at radius 3 is 0.778 bits per heavy atom. The number of allylic oxidation sites excluding steroid dienone is 4. The zero-order valence-electron chi connectivity index (χ0n) is 48.7. The molecule has 1 atom stereocenters. The monoisotopic (exact) mass is 1010 g/mol. The van der Waals surface area contributed by atoms with Crippen molar-refractivity contribution in [2.75, 3.05) is 13.2 Å². The molecule has 0 aliphatic carbocycles. The van der Waals surface area contributed by atoms with Gasteiger partial charge in [-0.05, 0) is 51.4 Å². The van der Waals surface area contributed by atoms with Gasteiger partial charge in [0, 0.05) is 19.3 Å². The van der Waals surface area contributed by atoms with Crippen LogP contribution in [0.15, 0.2) is 24.3 Å². The lowest BCUT2D eigenvalue weighted by Crippen LogP contribution is -2.30. The predicted molar refractivity (Wildman–Crippen MR) is 312 cm³/mol. The number of ether oxygens (including phenoxy) is 3. The summed E-state index contributed by atoms with van der Waals surface area (Å²) >= 11 is 0. The van der Waals surface area contributed by atoms with Crippen LogP contribution in [-0.4, -0.2) is 37.2 Å². The predicted octanol–water partition coefficient (Wildman–Crippen LogP) is 21.8. The Morgan fingerprint density at radius 1 is 0.278 bits per heavy atom. The molecule has 0 saturated carbocycles. The summed E-state index contributed by atoms with van der Waals surface area (Å²) in [4.78, 5) is 38.3. The number of hydrogen-bond acceptors (Lipinski definition) is 6. The van der Waals surface area contributed by atoms with Crippen LogP contribution in [0.3, 0.4) is 0 Å². The summed E-state index contributed by atoms with van der Waals surface area (Å²) in [7, 11) is 0.